The summed E-state index contributed by atoms with van der Waals surface area (Å²) in [6.07, 6.45) is 53.5. The summed E-state index contributed by atoms with van der Waals surface area (Å²) >= 11 is 4.86. The van der Waals surface area contributed by atoms with Crippen molar-refractivity contribution in [3.8, 4) is 0 Å². The van der Waals surface area contributed by atoms with Crippen LogP contribution in [0.4, 0.5) is 0 Å². The number of allylic oxidation sites excluding steroid dienone is 8. The summed E-state index contributed by atoms with van der Waals surface area (Å²) in [5, 5.41) is 0.631. The topological polar surface area (TPSA) is 0 Å². The van der Waals surface area contributed by atoms with Crippen molar-refractivity contribution in [1.29, 1.82) is 0 Å². The van der Waals surface area contributed by atoms with E-state index in [0.29, 0.717) is 5.25 Å². The van der Waals surface area contributed by atoms with Crippen molar-refractivity contribution < 1.29 is 0 Å². The Labute approximate surface area is 246 Å². The third kappa shape index (κ3) is 33.3. The van der Waals surface area contributed by atoms with Crippen LogP contribution in [0.2, 0.25) is 0 Å². The fraction of sp³-hybridized carbons (Fsp3) is 0.784. The highest BCUT2D eigenvalue weighted by atomic mass is 32.1. The first-order valence-corrected chi connectivity index (χ1v) is 17.6. The molecule has 0 aromatic rings. The molecular weight excluding hydrogens is 476 g/mol. The van der Waals surface area contributed by atoms with Crippen molar-refractivity contribution in [2.24, 2.45) is 0 Å². The van der Waals surface area contributed by atoms with E-state index in [-0.39, 0.29) is 0 Å². The molecular formula is C37H68S. The molecule has 0 heterocycles. The molecule has 0 unspecified atom stereocenters. The molecule has 0 amide bonds. The van der Waals surface area contributed by atoms with Gasteiger partial charge in [-0.2, -0.15) is 12.6 Å². The van der Waals surface area contributed by atoms with Gasteiger partial charge in [0.15, 0.2) is 0 Å². The van der Waals surface area contributed by atoms with Crippen LogP contribution in [0, 0.1) is 0 Å². The van der Waals surface area contributed by atoms with Crippen molar-refractivity contribution in [2.75, 3.05) is 0 Å². The molecule has 0 N–H and O–H groups in total. The maximum Gasteiger partial charge on any atom is 0.00168 e. The van der Waals surface area contributed by atoms with Crippen LogP contribution in [-0.4, -0.2) is 5.25 Å². The molecule has 0 saturated heterocycles. The summed E-state index contributed by atoms with van der Waals surface area (Å²) < 4.78 is 0. The Bertz CT molecular complexity index is 493. The van der Waals surface area contributed by atoms with Gasteiger partial charge >= 0.3 is 0 Å². The first kappa shape index (κ1) is 37.3. The van der Waals surface area contributed by atoms with Gasteiger partial charge < -0.3 is 0 Å². The number of rotatable bonds is 30. The lowest BCUT2D eigenvalue weighted by Crippen LogP contribution is -1.98. The van der Waals surface area contributed by atoms with Gasteiger partial charge in [-0.05, 0) is 77.0 Å². The van der Waals surface area contributed by atoms with Crippen molar-refractivity contribution >= 4 is 12.6 Å². The molecule has 0 atom stereocenters. The van der Waals surface area contributed by atoms with Crippen LogP contribution in [0.5, 0.6) is 0 Å². The maximum atomic E-state index is 4.86. The predicted molar refractivity (Wildman–Crippen MR) is 181 cm³/mol. The van der Waals surface area contributed by atoms with Crippen LogP contribution < -0.4 is 0 Å². The van der Waals surface area contributed by atoms with Gasteiger partial charge in [0.1, 0.15) is 0 Å². The third-order valence-electron chi connectivity index (χ3n) is 7.48. The van der Waals surface area contributed by atoms with E-state index in [1.807, 2.05) is 0 Å². The molecule has 38 heavy (non-hydrogen) atoms. The van der Waals surface area contributed by atoms with E-state index in [2.05, 4.69) is 62.5 Å². The Hall–Kier alpha value is -0.690. The molecule has 0 aliphatic rings. The van der Waals surface area contributed by atoms with Crippen molar-refractivity contribution in [1.82, 2.24) is 0 Å². The molecule has 0 bridgehead atoms. The summed E-state index contributed by atoms with van der Waals surface area (Å²) in [7, 11) is 0. The molecule has 0 nitrogen and oxygen atoms in total. The molecule has 0 fully saturated rings. The first-order valence-electron chi connectivity index (χ1n) is 17.1. The van der Waals surface area contributed by atoms with Crippen LogP contribution in [0.25, 0.3) is 0 Å². The average molecular weight is 545 g/mol. The Morgan fingerprint density at radius 3 is 1.00 bits per heavy atom. The summed E-state index contributed by atoms with van der Waals surface area (Å²) in [6.45, 7) is 4.54. The fourth-order valence-electron chi connectivity index (χ4n) is 4.88. The zero-order valence-corrected chi connectivity index (χ0v) is 26.9. The number of thiol groups is 1. The van der Waals surface area contributed by atoms with E-state index in [1.54, 1.807) is 0 Å². The number of hydrogen-bond acceptors (Lipinski definition) is 1. The quantitative estimate of drug-likeness (QED) is 0.0519. The van der Waals surface area contributed by atoms with Crippen LogP contribution in [0.3, 0.4) is 0 Å². The van der Waals surface area contributed by atoms with Crippen molar-refractivity contribution in [3.63, 3.8) is 0 Å². The average Bonchev–Trinajstić information content (AvgIpc) is 2.92. The minimum atomic E-state index is 0.631. The smallest absolute Gasteiger partial charge is 0.00168 e. The summed E-state index contributed by atoms with van der Waals surface area (Å²) in [5.41, 5.74) is 0. The Morgan fingerprint density at radius 2 is 0.658 bits per heavy atom. The van der Waals surface area contributed by atoms with Crippen LogP contribution >= 0.6 is 12.6 Å². The summed E-state index contributed by atoms with van der Waals surface area (Å²) in [4.78, 5) is 0. The van der Waals surface area contributed by atoms with Crippen LogP contribution in [-0.2, 0) is 0 Å². The normalized spacial score (nSPS) is 12.5. The van der Waals surface area contributed by atoms with E-state index in [0.717, 1.165) is 12.8 Å². The highest BCUT2D eigenvalue weighted by Gasteiger charge is 2.03. The highest BCUT2D eigenvalue weighted by Crippen LogP contribution is 2.18. The largest absolute Gasteiger partial charge is 0.176 e. The zero-order valence-electron chi connectivity index (χ0n) is 26.0. The van der Waals surface area contributed by atoms with E-state index in [1.165, 1.54) is 154 Å². The second-order valence-electron chi connectivity index (χ2n) is 11.4. The molecule has 0 aromatic heterocycles. The second kappa shape index (κ2) is 34.3. The molecule has 0 saturated carbocycles. The van der Waals surface area contributed by atoms with Gasteiger partial charge in [0, 0.05) is 5.25 Å². The van der Waals surface area contributed by atoms with Gasteiger partial charge in [0.2, 0.25) is 0 Å². The van der Waals surface area contributed by atoms with Gasteiger partial charge in [0.05, 0.1) is 0 Å². The molecule has 0 aromatic carbocycles. The summed E-state index contributed by atoms with van der Waals surface area (Å²) in [6, 6.07) is 0. The fourth-order valence-corrected chi connectivity index (χ4v) is 5.25. The van der Waals surface area contributed by atoms with E-state index in [9.17, 15) is 0 Å². The molecule has 0 spiro atoms. The molecule has 1 heteroatoms. The maximum absolute atomic E-state index is 4.86. The molecule has 222 valence electrons. The number of unbranched alkanes of at least 4 members (excludes halogenated alkanes) is 18. The minimum absolute atomic E-state index is 0.631. The Morgan fingerprint density at radius 1 is 0.368 bits per heavy atom. The van der Waals surface area contributed by atoms with Crippen molar-refractivity contribution in [3.05, 3.63) is 48.6 Å². The lowest BCUT2D eigenvalue weighted by molar-refractivity contribution is 0.539. The van der Waals surface area contributed by atoms with Crippen LogP contribution in [0.1, 0.15) is 181 Å². The number of hydrogen-bond donors (Lipinski definition) is 1. The minimum Gasteiger partial charge on any atom is -0.176 e. The van der Waals surface area contributed by atoms with E-state index < -0.39 is 0 Å². The summed E-state index contributed by atoms with van der Waals surface area (Å²) in [5.74, 6) is 0. The molecule has 0 aliphatic carbocycles. The van der Waals surface area contributed by atoms with Gasteiger partial charge in [0.25, 0.3) is 0 Å². The van der Waals surface area contributed by atoms with Crippen molar-refractivity contribution in [2.45, 2.75) is 186 Å². The lowest BCUT2D eigenvalue weighted by Gasteiger charge is -2.10. The molecule has 0 rings (SSSR count). The zero-order chi connectivity index (χ0) is 27.6. The highest BCUT2D eigenvalue weighted by molar-refractivity contribution is 7.80. The molecule has 0 aliphatic heterocycles. The predicted octanol–water partition coefficient (Wildman–Crippen LogP) is 13.7. The van der Waals surface area contributed by atoms with Gasteiger partial charge in [-0.15, -0.1) is 0 Å². The van der Waals surface area contributed by atoms with E-state index >= 15 is 0 Å². The Balaban J connectivity index is 3.29. The standard InChI is InChI=1S/C37H68S/c1-3-5-7-9-11-13-15-17-19-21-23-25-27-29-31-33-35-37(38)36-34-32-30-28-26-24-22-20-18-16-14-12-10-8-6-4-2/h11-14,17-20,37-38H,3-10,15-16,21-36H2,1-2H3/b13-11-,14-12-,19-17-,20-18-. The second-order valence-corrected chi connectivity index (χ2v) is 12.1. The SMILES string of the molecule is CCCCC/C=C\C/C=C\CCCCCCCCC(S)CCCCCCCC/C=C\C/C=C\CCCCC. The van der Waals surface area contributed by atoms with Gasteiger partial charge in [-0.1, -0.05) is 152 Å². The van der Waals surface area contributed by atoms with E-state index in [4.69, 9.17) is 12.6 Å². The monoisotopic (exact) mass is 545 g/mol. The molecule has 0 radical (unpaired) electrons. The van der Waals surface area contributed by atoms with Gasteiger partial charge in [-0.25, -0.2) is 0 Å². The van der Waals surface area contributed by atoms with Crippen LogP contribution in [0.15, 0.2) is 48.6 Å². The first-order chi connectivity index (χ1) is 18.8. The third-order valence-corrected chi connectivity index (χ3v) is 7.99. The van der Waals surface area contributed by atoms with Gasteiger partial charge in [-0.3, -0.25) is 0 Å². The Kier molecular flexibility index (Phi) is 33.7. The lowest BCUT2D eigenvalue weighted by atomic mass is 10.0.